The molecular formula is C24H21BrN2O3. The lowest BCUT2D eigenvalue weighted by Gasteiger charge is -2.22. The number of methoxy groups -OCH3 is 1. The Balaban J connectivity index is 1.74. The lowest BCUT2D eigenvalue weighted by atomic mass is 9.97. The number of aromatic hydroxyl groups is 1. The molecule has 1 N–H and O–H groups in total. The molecule has 30 heavy (non-hydrogen) atoms. The molecule has 1 atom stereocenters. The van der Waals surface area contributed by atoms with Gasteiger partial charge in [0.2, 0.25) is 0 Å². The minimum atomic E-state index is -0.256. The minimum Gasteiger partial charge on any atom is -0.507 e. The first-order chi connectivity index (χ1) is 14.5. The largest absolute Gasteiger partial charge is 0.507 e. The van der Waals surface area contributed by atoms with Crippen molar-refractivity contribution < 1.29 is 14.6 Å². The Kier molecular flexibility index (Phi) is 5.59. The van der Waals surface area contributed by atoms with Crippen LogP contribution in [0.5, 0.6) is 11.5 Å². The Morgan fingerprint density at radius 1 is 1.10 bits per heavy atom. The number of nitrogens with zero attached hydrogens (tertiary/aromatic N) is 2. The standard InChI is InChI=1S/C24H21BrN2O3/c1-15-3-5-16(6-4-15)22-14-21(20-13-18(25)9-12-23(20)28)26-27(22)24(29)17-7-10-19(30-2)11-8-17/h3-13,22,28H,14H2,1-2H3/t22-/m0/s1. The maximum absolute atomic E-state index is 13.3. The molecule has 3 aromatic rings. The van der Waals surface area contributed by atoms with Gasteiger partial charge in [-0.05, 0) is 55.0 Å². The number of hydrogen-bond acceptors (Lipinski definition) is 4. The number of hydrogen-bond donors (Lipinski definition) is 1. The van der Waals surface area contributed by atoms with E-state index < -0.39 is 0 Å². The first-order valence-corrected chi connectivity index (χ1v) is 10.4. The zero-order valence-corrected chi connectivity index (χ0v) is 18.3. The maximum atomic E-state index is 13.3. The number of amides is 1. The third-order valence-corrected chi connectivity index (χ3v) is 5.68. The summed E-state index contributed by atoms with van der Waals surface area (Å²) in [4.78, 5) is 13.3. The number of halogens is 1. The summed E-state index contributed by atoms with van der Waals surface area (Å²) in [5.41, 5.74) is 3.95. The van der Waals surface area contributed by atoms with Gasteiger partial charge in [0, 0.05) is 22.0 Å². The van der Waals surface area contributed by atoms with Crippen LogP contribution in [0.15, 0.2) is 76.3 Å². The summed E-state index contributed by atoms with van der Waals surface area (Å²) in [6.07, 6.45) is 0.509. The molecule has 0 aromatic heterocycles. The Hall–Kier alpha value is -3.12. The van der Waals surface area contributed by atoms with Gasteiger partial charge in [0.25, 0.3) is 5.91 Å². The summed E-state index contributed by atoms with van der Waals surface area (Å²) >= 11 is 3.45. The highest BCUT2D eigenvalue weighted by Crippen LogP contribution is 2.36. The topological polar surface area (TPSA) is 62.1 Å². The van der Waals surface area contributed by atoms with Crippen molar-refractivity contribution in [3.63, 3.8) is 0 Å². The van der Waals surface area contributed by atoms with E-state index in [9.17, 15) is 9.90 Å². The smallest absolute Gasteiger partial charge is 0.274 e. The van der Waals surface area contributed by atoms with E-state index >= 15 is 0 Å². The number of benzene rings is 3. The van der Waals surface area contributed by atoms with Gasteiger partial charge in [-0.25, -0.2) is 5.01 Å². The molecule has 0 saturated heterocycles. The van der Waals surface area contributed by atoms with Crippen LogP contribution < -0.4 is 4.74 Å². The molecule has 6 heteroatoms. The molecule has 1 aliphatic heterocycles. The molecule has 0 fully saturated rings. The summed E-state index contributed by atoms with van der Waals surface area (Å²) in [5, 5.41) is 16.5. The number of phenols is 1. The van der Waals surface area contributed by atoms with Gasteiger partial charge >= 0.3 is 0 Å². The van der Waals surface area contributed by atoms with Crippen molar-refractivity contribution in [3.05, 3.63) is 93.5 Å². The van der Waals surface area contributed by atoms with E-state index in [0.717, 1.165) is 15.6 Å². The third-order valence-electron chi connectivity index (χ3n) is 5.19. The van der Waals surface area contributed by atoms with E-state index in [0.29, 0.717) is 29.0 Å². The van der Waals surface area contributed by atoms with Gasteiger partial charge in [0.1, 0.15) is 11.5 Å². The Labute approximate surface area is 183 Å². The number of carbonyl (C=O) groups is 1. The zero-order chi connectivity index (χ0) is 21.3. The third kappa shape index (κ3) is 3.96. The average molecular weight is 465 g/mol. The van der Waals surface area contributed by atoms with Gasteiger partial charge in [-0.15, -0.1) is 0 Å². The molecule has 4 rings (SSSR count). The van der Waals surface area contributed by atoms with Crippen LogP contribution in [0.2, 0.25) is 0 Å². The molecule has 3 aromatic carbocycles. The molecule has 0 unspecified atom stereocenters. The predicted octanol–water partition coefficient (Wildman–Crippen LogP) is 5.46. The van der Waals surface area contributed by atoms with Crippen LogP contribution in [0.1, 0.15) is 39.5 Å². The number of hydrazone groups is 1. The fourth-order valence-corrected chi connectivity index (χ4v) is 3.87. The van der Waals surface area contributed by atoms with Crippen molar-refractivity contribution in [2.75, 3.05) is 7.11 Å². The number of carbonyl (C=O) groups excluding carboxylic acids is 1. The Bertz CT molecular complexity index is 1110. The van der Waals surface area contributed by atoms with Gasteiger partial charge in [-0.3, -0.25) is 4.79 Å². The van der Waals surface area contributed by atoms with Crippen molar-refractivity contribution >= 4 is 27.5 Å². The number of ether oxygens (including phenoxy) is 1. The second-order valence-electron chi connectivity index (χ2n) is 7.22. The van der Waals surface area contributed by atoms with Crippen molar-refractivity contribution in [1.82, 2.24) is 5.01 Å². The second kappa shape index (κ2) is 8.32. The molecule has 1 amide bonds. The lowest BCUT2D eigenvalue weighted by Crippen LogP contribution is -2.27. The second-order valence-corrected chi connectivity index (χ2v) is 8.13. The van der Waals surface area contributed by atoms with Crippen molar-refractivity contribution in [3.8, 4) is 11.5 Å². The van der Waals surface area contributed by atoms with Crippen molar-refractivity contribution in [1.29, 1.82) is 0 Å². The van der Waals surface area contributed by atoms with E-state index in [4.69, 9.17) is 4.74 Å². The van der Waals surface area contributed by atoms with Gasteiger partial charge in [-0.1, -0.05) is 45.8 Å². The van der Waals surface area contributed by atoms with Crippen LogP contribution in [0.4, 0.5) is 0 Å². The lowest BCUT2D eigenvalue weighted by molar-refractivity contribution is 0.0711. The van der Waals surface area contributed by atoms with E-state index in [1.165, 1.54) is 5.01 Å². The van der Waals surface area contributed by atoms with Crippen LogP contribution >= 0.6 is 15.9 Å². The highest BCUT2D eigenvalue weighted by molar-refractivity contribution is 9.10. The molecule has 0 bridgehead atoms. The van der Waals surface area contributed by atoms with Crippen LogP contribution in [0.3, 0.4) is 0 Å². The summed E-state index contributed by atoms with van der Waals surface area (Å²) in [5.74, 6) is 0.623. The first-order valence-electron chi connectivity index (χ1n) is 9.57. The van der Waals surface area contributed by atoms with Crippen molar-refractivity contribution in [2.45, 2.75) is 19.4 Å². The van der Waals surface area contributed by atoms with E-state index in [1.807, 2.05) is 37.3 Å². The zero-order valence-electron chi connectivity index (χ0n) is 16.7. The highest BCUT2D eigenvalue weighted by atomic mass is 79.9. The fourth-order valence-electron chi connectivity index (χ4n) is 3.51. The van der Waals surface area contributed by atoms with Gasteiger partial charge in [-0.2, -0.15) is 5.10 Å². The normalized spacial score (nSPS) is 15.8. The van der Waals surface area contributed by atoms with Crippen LogP contribution in [0.25, 0.3) is 0 Å². The number of aryl methyl sites for hydroxylation is 1. The average Bonchev–Trinajstić information content (AvgIpc) is 3.20. The highest BCUT2D eigenvalue weighted by Gasteiger charge is 2.34. The van der Waals surface area contributed by atoms with Gasteiger partial charge in [0.15, 0.2) is 0 Å². The summed E-state index contributed by atoms with van der Waals surface area (Å²) in [7, 11) is 1.59. The molecule has 152 valence electrons. The molecule has 1 aliphatic rings. The predicted molar refractivity (Wildman–Crippen MR) is 120 cm³/mol. The monoisotopic (exact) mass is 464 g/mol. The molecule has 1 heterocycles. The number of phenolic OH excluding ortho intramolecular Hbond substituents is 1. The van der Waals surface area contributed by atoms with Gasteiger partial charge in [0.05, 0.1) is 18.9 Å². The van der Waals surface area contributed by atoms with E-state index in [2.05, 4.69) is 21.0 Å². The molecule has 0 spiro atoms. The van der Waals surface area contributed by atoms with Gasteiger partial charge < -0.3 is 9.84 Å². The van der Waals surface area contributed by atoms with Crippen LogP contribution in [0, 0.1) is 6.92 Å². The fraction of sp³-hybridized carbons (Fsp3) is 0.167. The first kappa shape index (κ1) is 20.2. The van der Waals surface area contributed by atoms with Crippen LogP contribution in [-0.4, -0.2) is 28.8 Å². The minimum absolute atomic E-state index is 0.137. The maximum Gasteiger partial charge on any atom is 0.274 e. The molecule has 0 aliphatic carbocycles. The quantitative estimate of drug-likeness (QED) is 0.557. The summed E-state index contributed by atoms with van der Waals surface area (Å²) in [6, 6.07) is 20.0. The SMILES string of the molecule is COc1ccc(C(=O)N2N=C(c3cc(Br)ccc3O)C[C@H]2c2ccc(C)cc2)cc1. The molecule has 0 radical (unpaired) electrons. The summed E-state index contributed by atoms with van der Waals surface area (Å²) < 4.78 is 6.03. The van der Waals surface area contributed by atoms with Crippen molar-refractivity contribution in [2.24, 2.45) is 5.10 Å². The van der Waals surface area contributed by atoms with E-state index in [1.54, 1.807) is 43.5 Å². The van der Waals surface area contributed by atoms with E-state index in [-0.39, 0.29) is 17.7 Å². The molecule has 0 saturated carbocycles. The van der Waals surface area contributed by atoms with Crippen LogP contribution in [-0.2, 0) is 0 Å². The number of rotatable bonds is 4. The molecular weight excluding hydrogens is 444 g/mol. The Morgan fingerprint density at radius 2 is 1.80 bits per heavy atom. The summed E-state index contributed by atoms with van der Waals surface area (Å²) in [6.45, 7) is 2.03. The molecule has 5 nitrogen and oxygen atoms in total. The Morgan fingerprint density at radius 3 is 2.47 bits per heavy atom.